The number of alkyl halides is 6. The van der Waals surface area contributed by atoms with Crippen molar-refractivity contribution in [1.82, 2.24) is 4.90 Å². The summed E-state index contributed by atoms with van der Waals surface area (Å²) in [5.74, 6) is 0.357. The lowest BCUT2D eigenvalue weighted by Gasteiger charge is -2.32. The topological polar surface area (TPSA) is 49.8 Å². The number of likely N-dealkylation sites (tertiary alicyclic amines) is 1. The van der Waals surface area contributed by atoms with E-state index in [1.165, 1.54) is 0 Å². The van der Waals surface area contributed by atoms with Crippen LogP contribution in [-0.4, -0.2) is 41.5 Å². The second kappa shape index (κ2) is 11.3. The van der Waals surface area contributed by atoms with Crippen molar-refractivity contribution in [3.63, 3.8) is 0 Å². The van der Waals surface area contributed by atoms with Crippen LogP contribution < -0.4 is 0 Å². The number of nitrogens with zero attached hydrogens (tertiary/aromatic N) is 1. The molecule has 1 amide bonds. The minimum atomic E-state index is -5.92. The van der Waals surface area contributed by atoms with E-state index in [1.807, 2.05) is 42.5 Å². The fourth-order valence-electron chi connectivity index (χ4n) is 4.69. The molecule has 3 aromatic carbocycles. The smallest absolute Gasteiger partial charge is 0.430 e. The molecule has 0 spiro atoms. The first-order valence-electron chi connectivity index (χ1n) is 12.4. The lowest BCUT2D eigenvalue weighted by atomic mass is 9.89. The van der Waals surface area contributed by atoms with Gasteiger partial charge in [-0.3, -0.25) is 0 Å². The third-order valence-corrected chi connectivity index (χ3v) is 7.01. The Morgan fingerprint density at radius 1 is 0.769 bits per heavy atom. The number of hydrogen-bond acceptors (Lipinski definition) is 3. The van der Waals surface area contributed by atoms with Crippen LogP contribution in [0.2, 0.25) is 0 Å². The van der Waals surface area contributed by atoms with Gasteiger partial charge in [-0.2, -0.15) is 26.3 Å². The van der Waals surface area contributed by atoms with Gasteiger partial charge in [0.25, 0.3) is 5.60 Å². The van der Waals surface area contributed by atoms with E-state index in [4.69, 9.17) is 4.74 Å². The third kappa shape index (κ3) is 6.38. The van der Waals surface area contributed by atoms with Crippen molar-refractivity contribution in [3.8, 4) is 11.1 Å². The molecule has 208 valence electrons. The lowest BCUT2D eigenvalue weighted by molar-refractivity contribution is -0.376. The van der Waals surface area contributed by atoms with Gasteiger partial charge in [-0.05, 0) is 47.4 Å². The number of rotatable bonds is 6. The summed E-state index contributed by atoms with van der Waals surface area (Å²) >= 11 is 0. The van der Waals surface area contributed by atoms with E-state index in [9.17, 15) is 36.2 Å². The van der Waals surface area contributed by atoms with Gasteiger partial charge in [0.2, 0.25) is 0 Å². The summed E-state index contributed by atoms with van der Waals surface area (Å²) < 4.78 is 84.1. The van der Waals surface area contributed by atoms with Crippen molar-refractivity contribution in [1.29, 1.82) is 0 Å². The van der Waals surface area contributed by atoms with Crippen LogP contribution in [0.15, 0.2) is 78.9 Å². The van der Waals surface area contributed by atoms with Crippen molar-refractivity contribution in [2.75, 3.05) is 13.1 Å². The number of halogens is 6. The van der Waals surface area contributed by atoms with Crippen molar-refractivity contribution in [2.45, 2.75) is 43.8 Å². The van der Waals surface area contributed by atoms with E-state index in [0.717, 1.165) is 42.5 Å². The third-order valence-electron chi connectivity index (χ3n) is 7.01. The second-order valence-electron chi connectivity index (χ2n) is 9.65. The Morgan fingerprint density at radius 3 is 1.79 bits per heavy atom. The molecule has 0 radical (unpaired) electrons. The molecule has 0 aliphatic carbocycles. The van der Waals surface area contributed by atoms with Gasteiger partial charge in [0.15, 0.2) is 0 Å². The van der Waals surface area contributed by atoms with E-state index in [2.05, 4.69) is 0 Å². The predicted octanol–water partition coefficient (Wildman–Crippen LogP) is 7.26. The van der Waals surface area contributed by atoms with Gasteiger partial charge in [-0.25, -0.2) is 4.79 Å². The number of piperidine rings is 1. The molecule has 1 aliphatic heterocycles. The van der Waals surface area contributed by atoms with Gasteiger partial charge in [0.05, 0.1) is 0 Å². The molecule has 0 atom stereocenters. The molecular formula is C29H27F6NO3. The Hall–Kier alpha value is -3.53. The summed E-state index contributed by atoms with van der Waals surface area (Å²) in [5.41, 5.74) is -3.26. The van der Waals surface area contributed by atoms with Crippen LogP contribution in [0.1, 0.15) is 29.5 Å². The molecule has 1 saturated heterocycles. The second-order valence-corrected chi connectivity index (χ2v) is 9.65. The van der Waals surface area contributed by atoms with Gasteiger partial charge < -0.3 is 14.7 Å². The summed E-state index contributed by atoms with van der Waals surface area (Å²) in [5, 5.41) is 9.55. The van der Waals surface area contributed by atoms with Crippen molar-refractivity contribution in [3.05, 3.63) is 95.6 Å². The van der Waals surface area contributed by atoms with Crippen LogP contribution in [0, 0.1) is 5.92 Å². The van der Waals surface area contributed by atoms with Gasteiger partial charge >= 0.3 is 18.4 Å². The molecule has 10 heteroatoms. The highest BCUT2D eigenvalue weighted by atomic mass is 19.4. The van der Waals surface area contributed by atoms with Gasteiger partial charge in [0, 0.05) is 18.7 Å². The Morgan fingerprint density at radius 2 is 1.28 bits per heavy atom. The zero-order valence-corrected chi connectivity index (χ0v) is 20.8. The van der Waals surface area contributed by atoms with Crippen LogP contribution in [0.5, 0.6) is 0 Å². The normalized spacial score (nSPS) is 15.3. The zero-order valence-electron chi connectivity index (χ0n) is 20.8. The molecule has 1 heterocycles. The predicted molar refractivity (Wildman–Crippen MR) is 133 cm³/mol. The molecule has 1 N–H and O–H groups in total. The highest BCUT2D eigenvalue weighted by Gasteiger charge is 2.71. The Kier molecular flexibility index (Phi) is 8.25. The first-order valence-corrected chi connectivity index (χ1v) is 12.4. The number of ether oxygens (including phenoxy) is 1. The molecule has 3 aromatic rings. The van der Waals surface area contributed by atoms with Crippen LogP contribution in [0.25, 0.3) is 11.1 Å². The largest absolute Gasteiger partial charge is 0.445 e. The molecular weight excluding hydrogens is 524 g/mol. The number of carbonyl (C=O) groups excluding carboxylic acids is 1. The molecule has 39 heavy (non-hydrogen) atoms. The average Bonchev–Trinajstić information content (AvgIpc) is 2.91. The molecule has 0 unspecified atom stereocenters. The SMILES string of the molecule is O=C(OCc1ccccc1)N1CCC(Cc2ccc(-c3ccc(C(O)(C(F)(F)F)C(F)(F)F)cc3)cc2)CC1. The zero-order chi connectivity index (χ0) is 28.3. The van der Waals surface area contributed by atoms with Crippen LogP contribution in [0.3, 0.4) is 0 Å². The Bertz CT molecular complexity index is 1220. The summed E-state index contributed by atoms with van der Waals surface area (Å²) in [4.78, 5) is 14.1. The van der Waals surface area contributed by atoms with E-state index >= 15 is 0 Å². The quantitative estimate of drug-likeness (QED) is 0.328. The number of hydrogen-bond donors (Lipinski definition) is 1. The maximum Gasteiger partial charge on any atom is 0.430 e. The fraction of sp³-hybridized carbons (Fsp3) is 0.345. The number of aliphatic hydroxyl groups is 1. The Labute approximate surface area is 221 Å². The highest BCUT2D eigenvalue weighted by Crippen LogP contribution is 2.50. The van der Waals surface area contributed by atoms with Crippen LogP contribution >= 0.6 is 0 Å². The summed E-state index contributed by atoms with van der Waals surface area (Å²) in [7, 11) is 0. The number of carbonyl (C=O) groups is 1. The maximum absolute atomic E-state index is 13.1. The minimum Gasteiger partial charge on any atom is -0.445 e. The number of amides is 1. The van der Waals surface area contributed by atoms with Crippen LogP contribution in [0.4, 0.5) is 31.1 Å². The van der Waals surface area contributed by atoms with E-state index in [-0.39, 0.29) is 12.7 Å². The highest BCUT2D eigenvalue weighted by molar-refractivity contribution is 5.67. The molecule has 4 nitrogen and oxygen atoms in total. The average molecular weight is 552 g/mol. The monoisotopic (exact) mass is 551 g/mol. The Balaban J connectivity index is 1.31. The van der Waals surface area contributed by atoms with E-state index in [1.54, 1.807) is 17.0 Å². The van der Waals surface area contributed by atoms with Gasteiger partial charge in [-0.1, -0.05) is 78.9 Å². The molecule has 4 rings (SSSR count). The standard InChI is InChI=1S/C29H27F6NO3/c30-28(31,32)27(38,29(33,34)35)25-12-10-24(11-13-25)23-8-6-20(7-9-23)18-21-14-16-36(17-15-21)26(37)39-19-22-4-2-1-3-5-22/h1-13,21,38H,14-19H2. The maximum atomic E-state index is 13.1. The van der Waals surface area contributed by atoms with Crippen molar-refractivity contribution < 1.29 is 41.0 Å². The van der Waals surface area contributed by atoms with Crippen LogP contribution in [-0.2, 0) is 23.4 Å². The summed E-state index contributed by atoms with van der Waals surface area (Å²) in [6.07, 6.45) is -9.79. The van der Waals surface area contributed by atoms with Gasteiger partial charge in [-0.15, -0.1) is 0 Å². The summed E-state index contributed by atoms with van der Waals surface area (Å²) in [6.45, 7) is 1.40. The number of benzene rings is 3. The van der Waals surface area contributed by atoms with Gasteiger partial charge in [0.1, 0.15) is 6.61 Å². The minimum absolute atomic E-state index is 0.222. The lowest BCUT2D eigenvalue weighted by Crippen LogP contribution is -2.53. The van der Waals surface area contributed by atoms with Crippen molar-refractivity contribution >= 4 is 6.09 Å². The summed E-state index contributed by atoms with van der Waals surface area (Å²) in [6, 6.07) is 20.2. The van der Waals surface area contributed by atoms with Crippen molar-refractivity contribution in [2.24, 2.45) is 5.92 Å². The molecule has 1 fully saturated rings. The molecule has 0 saturated carbocycles. The van der Waals surface area contributed by atoms with E-state index < -0.39 is 23.5 Å². The first-order chi connectivity index (χ1) is 18.4. The first kappa shape index (κ1) is 28.5. The fourth-order valence-corrected chi connectivity index (χ4v) is 4.69. The molecule has 1 aliphatic rings. The molecule has 0 aromatic heterocycles. The molecule has 0 bridgehead atoms. The van der Waals surface area contributed by atoms with E-state index in [0.29, 0.717) is 42.3 Å².